The molecular weight excluding hydrogens is 222 g/mol. The van der Waals surface area contributed by atoms with Gasteiger partial charge in [0.15, 0.2) is 5.78 Å². The van der Waals surface area contributed by atoms with Crippen LogP contribution in [0.2, 0.25) is 0 Å². The fourth-order valence-corrected chi connectivity index (χ4v) is 2.90. The largest absolute Gasteiger partial charge is 0.298 e. The van der Waals surface area contributed by atoms with Crippen LogP contribution in [0.25, 0.3) is 0 Å². The van der Waals surface area contributed by atoms with Crippen LogP contribution in [0.4, 0.5) is 0 Å². The van der Waals surface area contributed by atoms with Crippen LogP contribution >= 0.6 is 0 Å². The smallest absolute Gasteiger partial charge is 0.151 e. The van der Waals surface area contributed by atoms with Crippen molar-refractivity contribution in [3.05, 3.63) is 34.9 Å². The third kappa shape index (κ3) is 2.81. The Bertz CT molecular complexity index is 433. The SMILES string of the molecule is CC(=O)C(c1cc(C)ccc1C)N1CCCCC1. The van der Waals surface area contributed by atoms with Gasteiger partial charge in [-0.25, -0.2) is 0 Å². The second kappa shape index (κ2) is 5.66. The number of aryl methyl sites for hydroxylation is 2. The maximum Gasteiger partial charge on any atom is 0.151 e. The van der Waals surface area contributed by atoms with Gasteiger partial charge in [-0.3, -0.25) is 9.69 Å². The van der Waals surface area contributed by atoms with Gasteiger partial charge in [-0.05, 0) is 57.8 Å². The molecule has 1 atom stereocenters. The molecule has 1 unspecified atom stereocenters. The van der Waals surface area contributed by atoms with Gasteiger partial charge in [0.05, 0.1) is 6.04 Å². The lowest BCUT2D eigenvalue weighted by molar-refractivity contribution is -0.122. The number of nitrogens with zero attached hydrogens (tertiary/aromatic N) is 1. The minimum absolute atomic E-state index is 0.0369. The molecule has 0 radical (unpaired) electrons. The molecule has 0 amide bonds. The second-order valence-electron chi connectivity index (χ2n) is 5.47. The van der Waals surface area contributed by atoms with E-state index < -0.39 is 0 Å². The van der Waals surface area contributed by atoms with Crippen LogP contribution in [0.1, 0.15) is 48.9 Å². The third-order valence-corrected chi connectivity index (χ3v) is 3.87. The first-order valence-corrected chi connectivity index (χ1v) is 6.91. The summed E-state index contributed by atoms with van der Waals surface area (Å²) in [6, 6.07) is 6.39. The van der Waals surface area contributed by atoms with Crippen LogP contribution in [0.5, 0.6) is 0 Å². The zero-order chi connectivity index (χ0) is 13.1. The lowest BCUT2D eigenvalue weighted by atomic mass is 9.94. The van der Waals surface area contributed by atoms with Crippen molar-refractivity contribution in [2.45, 2.75) is 46.1 Å². The second-order valence-corrected chi connectivity index (χ2v) is 5.47. The van der Waals surface area contributed by atoms with Gasteiger partial charge in [0, 0.05) is 0 Å². The van der Waals surface area contributed by atoms with Crippen LogP contribution in [0, 0.1) is 13.8 Å². The van der Waals surface area contributed by atoms with E-state index in [-0.39, 0.29) is 11.8 Å². The van der Waals surface area contributed by atoms with Crippen LogP contribution in [0.3, 0.4) is 0 Å². The fourth-order valence-electron chi connectivity index (χ4n) is 2.90. The van der Waals surface area contributed by atoms with Crippen LogP contribution in [-0.2, 0) is 4.79 Å². The molecule has 2 heteroatoms. The van der Waals surface area contributed by atoms with Crippen molar-refractivity contribution in [1.29, 1.82) is 0 Å². The number of ketones is 1. The maximum atomic E-state index is 12.1. The fraction of sp³-hybridized carbons (Fsp3) is 0.562. The van der Waals surface area contributed by atoms with E-state index >= 15 is 0 Å². The zero-order valence-corrected chi connectivity index (χ0v) is 11.7. The van der Waals surface area contributed by atoms with E-state index in [0.29, 0.717) is 0 Å². The molecule has 1 fully saturated rings. The number of piperidine rings is 1. The Morgan fingerprint density at radius 3 is 2.44 bits per heavy atom. The minimum Gasteiger partial charge on any atom is -0.298 e. The molecule has 2 rings (SSSR count). The number of benzene rings is 1. The van der Waals surface area contributed by atoms with Gasteiger partial charge in [-0.15, -0.1) is 0 Å². The van der Waals surface area contributed by atoms with E-state index in [1.54, 1.807) is 6.92 Å². The topological polar surface area (TPSA) is 20.3 Å². The van der Waals surface area contributed by atoms with E-state index in [0.717, 1.165) is 13.1 Å². The molecule has 0 aromatic heterocycles. The monoisotopic (exact) mass is 245 g/mol. The van der Waals surface area contributed by atoms with Gasteiger partial charge in [0.1, 0.15) is 0 Å². The molecule has 0 bridgehead atoms. The molecular formula is C16H23NO. The van der Waals surface area contributed by atoms with E-state index in [2.05, 4.69) is 36.9 Å². The van der Waals surface area contributed by atoms with Crippen molar-refractivity contribution in [3.63, 3.8) is 0 Å². The molecule has 0 spiro atoms. The number of Topliss-reactive ketones (excluding diaryl/α,β-unsaturated/α-hetero) is 1. The summed E-state index contributed by atoms with van der Waals surface area (Å²) in [5, 5.41) is 0. The third-order valence-electron chi connectivity index (χ3n) is 3.87. The van der Waals surface area contributed by atoms with Gasteiger partial charge in [-0.2, -0.15) is 0 Å². The lowest BCUT2D eigenvalue weighted by Gasteiger charge is -2.34. The first-order chi connectivity index (χ1) is 8.59. The Balaban J connectivity index is 2.34. The van der Waals surface area contributed by atoms with Crippen molar-refractivity contribution in [2.75, 3.05) is 13.1 Å². The summed E-state index contributed by atoms with van der Waals surface area (Å²) in [6.07, 6.45) is 3.73. The molecule has 0 aliphatic carbocycles. The van der Waals surface area contributed by atoms with E-state index in [1.807, 2.05) is 0 Å². The van der Waals surface area contributed by atoms with Crippen molar-refractivity contribution >= 4 is 5.78 Å². The average Bonchev–Trinajstić information content (AvgIpc) is 2.35. The molecule has 18 heavy (non-hydrogen) atoms. The summed E-state index contributed by atoms with van der Waals surface area (Å²) in [5.41, 5.74) is 3.66. The molecule has 1 heterocycles. The zero-order valence-electron chi connectivity index (χ0n) is 11.7. The van der Waals surface area contributed by atoms with Gasteiger partial charge in [-0.1, -0.05) is 30.2 Å². The highest BCUT2D eigenvalue weighted by Gasteiger charge is 2.27. The Kier molecular flexibility index (Phi) is 4.18. The number of hydrogen-bond acceptors (Lipinski definition) is 2. The number of likely N-dealkylation sites (tertiary alicyclic amines) is 1. The standard InChI is InChI=1S/C16H23NO/c1-12-7-8-13(2)15(11-12)16(14(3)18)17-9-5-4-6-10-17/h7-8,11,16H,4-6,9-10H2,1-3H3. The molecule has 1 saturated heterocycles. The number of carbonyl (C=O) groups is 1. The highest BCUT2D eigenvalue weighted by molar-refractivity contribution is 5.83. The molecule has 98 valence electrons. The van der Waals surface area contributed by atoms with Gasteiger partial charge in [0.25, 0.3) is 0 Å². The minimum atomic E-state index is -0.0369. The molecule has 1 aromatic carbocycles. The van der Waals surface area contributed by atoms with E-state index in [1.165, 1.54) is 36.0 Å². The van der Waals surface area contributed by atoms with E-state index in [9.17, 15) is 4.79 Å². The van der Waals surface area contributed by atoms with E-state index in [4.69, 9.17) is 0 Å². The maximum absolute atomic E-state index is 12.1. The van der Waals surface area contributed by atoms with Gasteiger partial charge >= 0.3 is 0 Å². The average molecular weight is 245 g/mol. The van der Waals surface area contributed by atoms with Crippen LogP contribution < -0.4 is 0 Å². The molecule has 0 N–H and O–H groups in total. The Labute approximate surface area is 110 Å². The number of hydrogen-bond donors (Lipinski definition) is 0. The number of rotatable bonds is 3. The van der Waals surface area contributed by atoms with Crippen molar-refractivity contribution in [3.8, 4) is 0 Å². The summed E-state index contributed by atoms with van der Waals surface area (Å²) in [6.45, 7) is 8.03. The van der Waals surface area contributed by atoms with Gasteiger partial charge < -0.3 is 0 Å². The Morgan fingerprint density at radius 1 is 1.17 bits per heavy atom. The first-order valence-electron chi connectivity index (χ1n) is 6.91. The molecule has 1 aliphatic heterocycles. The molecule has 0 saturated carbocycles. The van der Waals surface area contributed by atoms with Crippen molar-refractivity contribution in [1.82, 2.24) is 4.90 Å². The predicted octanol–water partition coefficient (Wildman–Crippen LogP) is 3.42. The summed E-state index contributed by atoms with van der Waals surface area (Å²) in [7, 11) is 0. The number of carbonyl (C=O) groups excluding carboxylic acids is 1. The molecule has 1 aromatic rings. The Hall–Kier alpha value is -1.15. The van der Waals surface area contributed by atoms with Crippen molar-refractivity contribution in [2.24, 2.45) is 0 Å². The highest BCUT2D eigenvalue weighted by Crippen LogP contribution is 2.28. The highest BCUT2D eigenvalue weighted by atomic mass is 16.1. The Morgan fingerprint density at radius 2 is 1.83 bits per heavy atom. The molecule has 2 nitrogen and oxygen atoms in total. The lowest BCUT2D eigenvalue weighted by Crippen LogP contribution is -2.37. The van der Waals surface area contributed by atoms with Gasteiger partial charge in [0.2, 0.25) is 0 Å². The predicted molar refractivity (Wildman–Crippen MR) is 74.8 cm³/mol. The van der Waals surface area contributed by atoms with Crippen LogP contribution in [0.15, 0.2) is 18.2 Å². The summed E-state index contributed by atoms with van der Waals surface area (Å²) < 4.78 is 0. The first kappa shape index (κ1) is 13.3. The summed E-state index contributed by atoms with van der Waals surface area (Å²) in [4.78, 5) is 14.4. The van der Waals surface area contributed by atoms with Crippen molar-refractivity contribution < 1.29 is 4.79 Å². The summed E-state index contributed by atoms with van der Waals surface area (Å²) >= 11 is 0. The normalized spacial score (nSPS) is 18.6. The quantitative estimate of drug-likeness (QED) is 0.813. The summed E-state index contributed by atoms with van der Waals surface area (Å²) in [5.74, 6) is 0.269. The molecule has 1 aliphatic rings. The van der Waals surface area contributed by atoms with Crippen LogP contribution in [-0.4, -0.2) is 23.8 Å².